The molecule has 7 heteroatoms. The van der Waals surface area contributed by atoms with Crippen molar-refractivity contribution < 1.29 is 0 Å². The molecule has 0 saturated carbocycles. The van der Waals surface area contributed by atoms with Crippen LogP contribution in [0.5, 0.6) is 0 Å². The number of halogens is 2. The second-order valence-corrected chi connectivity index (χ2v) is 4.95. The standard InChI is InChI=1S/C11H11Cl2N5/c12-7-6-14-8-9(15-7)16-11(13)17-10(8)18-4-2-1-3-5-18/h6H,1-5H2. The summed E-state index contributed by atoms with van der Waals surface area (Å²) in [5.41, 5.74) is 1.11. The van der Waals surface area contributed by atoms with E-state index in [-0.39, 0.29) is 5.28 Å². The quantitative estimate of drug-likeness (QED) is 0.754. The van der Waals surface area contributed by atoms with E-state index < -0.39 is 0 Å². The molecule has 0 aliphatic carbocycles. The number of hydrogen-bond acceptors (Lipinski definition) is 5. The topological polar surface area (TPSA) is 54.8 Å². The van der Waals surface area contributed by atoms with Gasteiger partial charge in [-0.2, -0.15) is 9.97 Å². The molecule has 1 aliphatic heterocycles. The lowest BCUT2D eigenvalue weighted by atomic mass is 10.1. The zero-order valence-electron chi connectivity index (χ0n) is 9.60. The number of aromatic nitrogens is 4. The summed E-state index contributed by atoms with van der Waals surface area (Å²) in [5, 5.41) is 0.488. The van der Waals surface area contributed by atoms with Crippen LogP contribution in [0.25, 0.3) is 11.2 Å². The predicted molar refractivity (Wildman–Crippen MR) is 71.2 cm³/mol. The molecule has 1 saturated heterocycles. The lowest BCUT2D eigenvalue weighted by Crippen LogP contribution is -2.30. The third-order valence-electron chi connectivity index (χ3n) is 2.99. The fraction of sp³-hybridized carbons (Fsp3) is 0.455. The average molecular weight is 284 g/mol. The lowest BCUT2D eigenvalue weighted by molar-refractivity contribution is 0.574. The molecule has 1 fully saturated rings. The molecule has 0 unspecified atom stereocenters. The van der Waals surface area contributed by atoms with E-state index in [9.17, 15) is 0 Å². The molecule has 0 amide bonds. The van der Waals surface area contributed by atoms with Gasteiger partial charge in [0.05, 0.1) is 6.20 Å². The van der Waals surface area contributed by atoms with Crippen LogP contribution < -0.4 is 4.90 Å². The van der Waals surface area contributed by atoms with Gasteiger partial charge < -0.3 is 4.90 Å². The SMILES string of the molecule is Clc1cnc2c(N3CCCCC3)nc(Cl)nc2n1. The summed E-state index contributed by atoms with van der Waals surface area (Å²) in [6.45, 7) is 1.93. The van der Waals surface area contributed by atoms with E-state index in [1.165, 1.54) is 12.6 Å². The second-order valence-electron chi connectivity index (χ2n) is 4.23. The molecule has 0 atom stereocenters. The van der Waals surface area contributed by atoms with Crippen LogP contribution in [0.1, 0.15) is 19.3 Å². The third kappa shape index (κ3) is 2.20. The summed E-state index contributed by atoms with van der Waals surface area (Å²) in [4.78, 5) is 18.9. The van der Waals surface area contributed by atoms with Crippen LogP contribution in [0.15, 0.2) is 6.20 Å². The highest BCUT2D eigenvalue weighted by Gasteiger charge is 2.18. The van der Waals surface area contributed by atoms with Crippen molar-refractivity contribution in [2.45, 2.75) is 19.3 Å². The Morgan fingerprint density at radius 3 is 2.56 bits per heavy atom. The van der Waals surface area contributed by atoms with Crippen molar-refractivity contribution in [2.75, 3.05) is 18.0 Å². The summed E-state index contributed by atoms with van der Waals surface area (Å²) in [5.74, 6) is 0.758. The zero-order valence-corrected chi connectivity index (χ0v) is 11.1. The van der Waals surface area contributed by atoms with Gasteiger partial charge in [-0.15, -0.1) is 0 Å². The summed E-state index contributed by atoms with van der Waals surface area (Å²) >= 11 is 11.8. The fourth-order valence-corrected chi connectivity index (χ4v) is 2.46. The molecule has 94 valence electrons. The minimum atomic E-state index is 0.180. The maximum atomic E-state index is 5.94. The van der Waals surface area contributed by atoms with Crippen molar-refractivity contribution in [3.05, 3.63) is 16.6 Å². The number of rotatable bonds is 1. The summed E-state index contributed by atoms with van der Waals surface area (Å²) < 4.78 is 0. The number of anilines is 1. The molecule has 18 heavy (non-hydrogen) atoms. The average Bonchev–Trinajstić information content (AvgIpc) is 2.38. The van der Waals surface area contributed by atoms with Gasteiger partial charge in [0.25, 0.3) is 0 Å². The first kappa shape index (κ1) is 11.9. The lowest BCUT2D eigenvalue weighted by Gasteiger charge is -2.27. The van der Waals surface area contributed by atoms with Gasteiger partial charge in [-0.25, -0.2) is 9.97 Å². The summed E-state index contributed by atoms with van der Waals surface area (Å²) in [6.07, 6.45) is 5.08. The molecule has 1 aliphatic rings. The van der Waals surface area contributed by atoms with E-state index >= 15 is 0 Å². The van der Waals surface area contributed by atoms with Crippen molar-refractivity contribution >= 4 is 40.2 Å². The Bertz CT molecular complexity index is 578. The molecule has 5 nitrogen and oxygen atoms in total. The highest BCUT2D eigenvalue weighted by molar-refractivity contribution is 6.30. The Hall–Kier alpha value is -1.20. The van der Waals surface area contributed by atoms with E-state index in [4.69, 9.17) is 23.2 Å². The van der Waals surface area contributed by atoms with Gasteiger partial charge in [0, 0.05) is 13.1 Å². The van der Waals surface area contributed by atoms with Crippen molar-refractivity contribution in [2.24, 2.45) is 0 Å². The van der Waals surface area contributed by atoms with Crippen LogP contribution in [-0.2, 0) is 0 Å². The van der Waals surface area contributed by atoms with E-state index in [0.717, 1.165) is 31.7 Å². The Kier molecular flexibility index (Phi) is 3.18. The zero-order chi connectivity index (χ0) is 12.5. The van der Waals surface area contributed by atoms with Crippen molar-refractivity contribution in [1.82, 2.24) is 19.9 Å². The third-order valence-corrected chi connectivity index (χ3v) is 3.34. The molecule has 0 spiro atoms. The molecular weight excluding hydrogens is 273 g/mol. The first-order chi connectivity index (χ1) is 8.74. The van der Waals surface area contributed by atoms with Gasteiger partial charge in [-0.3, -0.25) is 0 Å². The number of nitrogens with zero attached hydrogens (tertiary/aromatic N) is 5. The van der Waals surface area contributed by atoms with Gasteiger partial charge in [-0.05, 0) is 30.9 Å². The summed E-state index contributed by atoms with van der Waals surface area (Å²) in [7, 11) is 0. The normalized spacial score (nSPS) is 16.2. The van der Waals surface area contributed by atoms with Crippen molar-refractivity contribution in [1.29, 1.82) is 0 Å². The molecule has 3 heterocycles. The van der Waals surface area contributed by atoms with E-state index in [0.29, 0.717) is 16.3 Å². The van der Waals surface area contributed by atoms with E-state index in [1.54, 1.807) is 0 Å². The maximum absolute atomic E-state index is 5.94. The molecule has 0 bridgehead atoms. The smallest absolute Gasteiger partial charge is 0.226 e. The Balaban J connectivity index is 2.14. The van der Waals surface area contributed by atoms with Crippen LogP contribution in [-0.4, -0.2) is 33.0 Å². The van der Waals surface area contributed by atoms with Gasteiger partial charge in [0.15, 0.2) is 17.0 Å². The minimum absolute atomic E-state index is 0.180. The number of piperidine rings is 1. The molecule has 0 radical (unpaired) electrons. The highest BCUT2D eigenvalue weighted by atomic mass is 35.5. The Morgan fingerprint density at radius 1 is 1.00 bits per heavy atom. The number of hydrogen-bond donors (Lipinski definition) is 0. The number of fused-ring (bicyclic) bond motifs is 1. The molecular formula is C11H11Cl2N5. The van der Waals surface area contributed by atoms with Crippen LogP contribution in [0, 0.1) is 0 Å². The largest absolute Gasteiger partial charge is 0.355 e. The highest BCUT2D eigenvalue weighted by Crippen LogP contribution is 2.25. The second kappa shape index (κ2) is 4.82. The van der Waals surface area contributed by atoms with Gasteiger partial charge >= 0.3 is 0 Å². The molecule has 0 N–H and O–H groups in total. The first-order valence-corrected chi connectivity index (χ1v) is 6.60. The Morgan fingerprint density at radius 2 is 1.78 bits per heavy atom. The molecule has 2 aromatic heterocycles. The van der Waals surface area contributed by atoms with E-state index in [1.807, 2.05) is 0 Å². The first-order valence-electron chi connectivity index (χ1n) is 5.85. The Labute approximate surface area is 114 Å². The van der Waals surface area contributed by atoms with Crippen molar-refractivity contribution in [3.63, 3.8) is 0 Å². The van der Waals surface area contributed by atoms with Crippen molar-refractivity contribution in [3.8, 4) is 0 Å². The van der Waals surface area contributed by atoms with Gasteiger partial charge in [0.1, 0.15) is 5.15 Å². The maximum Gasteiger partial charge on any atom is 0.226 e. The van der Waals surface area contributed by atoms with Crippen LogP contribution >= 0.6 is 23.2 Å². The summed E-state index contributed by atoms with van der Waals surface area (Å²) in [6, 6.07) is 0. The van der Waals surface area contributed by atoms with Gasteiger partial charge in [-0.1, -0.05) is 11.6 Å². The minimum Gasteiger partial charge on any atom is -0.355 e. The predicted octanol–water partition coefficient (Wildman–Crippen LogP) is 2.72. The molecule has 0 aromatic carbocycles. The molecule has 3 rings (SSSR count). The van der Waals surface area contributed by atoms with Crippen LogP contribution in [0.2, 0.25) is 10.4 Å². The van der Waals surface area contributed by atoms with Crippen LogP contribution in [0.4, 0.5) is 5.82 Å². The fourth-order valence-electron chi connectivity index (χ4n) is 2.17. The van der Waals surface area contributed by atoms with Gasteiger partial charge in [0.2, 0.25) is 5.28 Å². The van der Waals surface area contributed by atoms with E-state index in [2.05, 4.69) is 24.8 Å². The molecule has 2 aromatic rings. The monoisotopic (exact) mass is 283 g/mol. The van der Waals surface area contributed by atoms with Crippen LogP contribution in [0.3, 0.4) is 0 Å².